The van der Waals surface area contributed by atoms with Gasteiger partial charge in [0.2, 0.25) is 0 Å². The van der Waals surface area contributed by atoms with E-state index in [1.807, 2.05) is 6.07 Å². The molecule has 1 aromatic heterocycles. The third-order valence-corrected chi connectivity index (χ3v) is 9.27. The lowest BCUT2D eigenvalue weighted by atomic mass is 10.2. The van der Waals surface area contributed by atoms with Gasteiger partial charge < -0.3 is 9.53 Å². The Kier molecular flexibility index (Phi) is 4.88. The number of fused-ring (bicyclic) bond motifs is 1. The Hall–Kier alpha value is -0.753. The maximum Gasteiger partial charge on any atom is 0.192 e. The first-order valence-electron chi connectivity index (χ1n) is 7.68. The van der Waals surface area contributed by atoms with E-state index >= 15 is 0 Å². The van der Waals surface area contributed by atoms with Crippen molar-refractivity contribution in [2.24, 2.45) is 0 Å². The van der Waals surface area contributed by atoms with E-state index in [0.717, 1.165) is 37.6 Å². The standard InChI is InChI=1S/C16H28N2O2Si/c1-16(2,3)21(4,5)20-9-8-18-10-13-6-7-14(12-19)17-15(13)11-18/h6-7,19H,8-12H2,1-5H3. The van der Waals surface area contributed by atoms with Gasteiger partial charge >= 0.3 is 0 Å². The second-order valence-corrected chi connectivity index (χ2v) is 12.2. The largest absolute Gasteiger partial charge is 0.416 e. The van der Waals surface area contributed by atoms with Gasteiger partial charge in [0, 0.05) is 26.2 Å². The number of pyridine rings is 1. The van der Waals surface area contributed by atoms with Crippen LogP contribution in [0.1, 0.15) is 37.7 Å². The summed E-state index contributed by atoms with van der Waals surface area (Å²) in [5.74, 6) is 0. The van der Waals surface area contributed by atoms with E-state index in [1.165, 1.54) is 5.56 Å². The van der Waals surface area contributed by atoms with Gasteiger partial charge in [0.15, 0.2) is 8.32 Å². The van der Waals surface area contributed by atoms with Crippen LogP contribution in [0.15, 0.2) is 12.1 Å². The number of aliphatic hydroxyl groups is 1. The van der Waals surface area contributed by atoms with Gasteiger partial charge in [-0.05, 0) is 29.8 Å². The molecule has 0 unspecified atom stereocenters. The van der Waals surface area contributed by atoms with Crippen LogP contribution in [0.5, 0.6) is 0 Å². The number of aliphatic hydroxyl groups excluding tert-OH is 1. The minimum absolute atomic E-state index is 0.0156. The van der Waals surface area contributed by atoms with E-state index in [9.17, 15) is 0 Å². The Morgan fingerprint density at radius 1 is 1.29 bits per heavy atom. The Morgan fingerprint density at radius 3 is 2.62 bits per heavy atom. The van der Waals surface area contributed by atoms with Crippen LogP contribution in [0.3, 0.4) is 0 Å². The van der Waals surface area contributed by atoms with Gasteiger partial charge in [0.25, 0.3) is 0 Å². The van der Waals surface area contributed by atoms with Gasteiger partial charge in [0.1, 0.15) is 0 Å². The average Bonchev–Trinajstić information content (AvgIpc) is 2.78. The zero-order valence-electron chi connectivity index (χ0n) is 13.9. The summed E-state index contributed by atoms with van der Waals surface area (Å²) >= 11 is 0. The maximum absolute atomic E-state index is 9.15. The van der Waals surface area contributed by atoms with Crippen LogP contribution in [-0.2, 0) is 24.1 Å². The molecule has 2 rings (SSSR count). The SMILES string of the molecule is CC(C)(C)[Si](C)(C)OCCN1Cc2ccc(CO)nc2C1. The molecule has 21 heavy (non-hydrogen) atoms. The third kappa shape index (κ3) is 3.91. The molecule has 0 atom stereocenters. The number of rotatable bonds is 5. The minimum atomic E-state index is -1.65. The fourth-order valence-electron chi connectivity index (χ4n) is 2.26. The highest BCUT2D eigenvalue weighted by atomic mass is 28.4. The highest BCUT2D eigenvalue weighted by Crippen LogP contribution is 2.36. The zero-order valence-corrected chi connectivity index (χ0v) is 14.9. The molecular weight excluding hydrogens is 280 g/mol. The molecule has 0 bridgehead atoms. The predicted molar refractivity (Wildman–Crippen MR) is 87.4 cm³/mol. The topological polar surface area (TPSA) is 45.6 Å². The van der Waals surface area contributed by atoms with E-state index in [1.54, 1.807) is 0 Å². The van der Waals surface area contributed by atoms with Crippen molar-refractivity contribution in [3.8, 4) is 0 Å². The molecule has 0 spiro atoms. The monoisotopic (exact) mass is 308 g/mol. The van der Waals surface area contributed by atoms with E-state index in [4.69, 9.17) is 9.53 Å². The molecule has 1 aliphatic rings. The molecule has 5 heteroatoms. The molecule has 0 aliphatic carbocycles. The lowest BCUT2D eigenvalue weighted by molar-refractivity contribution is 0.199. The number of aromatic nitrogens is 1. The lowest BCUT2D eigenvalue weighted by Crippen LogP contribution is -2.42. The minimum Gasteiger partial charge on any atom is -0.416 e. The molecule has 2 heterocycles. The second kappa shape index (κ2) is 6.16. The Morgan fingerprint density at radius 2 is 2.00 bits per heavy atom. The van der Waals surface area contributed by atoms with Gasteiger partial charge in [0.05, 0.1) is 18.0 Å². The first-order valence-corrected chi connectivity index (χ1v) is 10.6. The molecule has 0 saturated carbocycles. The molecule has 1 aliphatic heterocycles. The maximum atomic E-state index is 9.15. The fourth-order valence-corrected chi connectivity index (χ4v) is 3.29. The first kappa shape index (κ1) is 16.6. The van der Waals surface area contributed by atoms with E-state index in [-0.39, 0.29) is 11.6 Å². The van der Waals surface area contributed by atoms with Gasteiger partial charge in [-0.15, -0.1) is 0 Å². The Balaban J connectivity index is 1.85. The summed E-state index contributed by atoms with van der Waals surface area (Å²) in [5, 5.41) is 9.41. The highest BCUT2D eigenvalue weighted by molar-refractivity contribution is 6.74. The molecule has 1 N–H and O–H groups in total. The summed E-state index contributed by atoms with van der Waals surface area (Å²) in [6, 6.07) is 4.00. The molecule has 0 aromatic carbocycles. The second-order valence-electron chi connectivity index (χ2n) is 7.39. The summed E-state index contributed by atoms with van der Waals surface area (Å²) in [7, 11) is -1.65. The summed E-state index contributed by atoms with van der Waals surface area (Å²) < 4.78 is 6.24. The number of nitrogens with zero attached hydrogens (tertiary/aromatic N) is 2. The van der Waals surface area contributed by atoms with Crippen LogP contribution >= 0.6 is 0 Å². The Labute approximate surface area is 129 Å². The molecule has 0 fully saturated rings. The summed E-state index contributed by atoms with van der Waals surface area (Å²) in [6.07, 6.45) is 0. The molecule has 4 nitrogen and oxygen atoms in total. The zero-order chi connectivity index (χ0) is 15.7. The van der Waals surface area contributed by atoms with Crippen molar-refractivity contribution < 1.29 is 9.53 Å². The van der Waals surface area contributed by atoms with Crippen LogP contribution in [0.4, 0.5) is 0 Å². The first-order chi connectivity index (χ1) is 9.73. The lowest BCUT2D eigenvalue weighted by Gasteiger charge is -2.36. The van der Waals surface area contributed by atoms with E-state index in [2.05, 4.69) is 49.8 Å². The van der Waals surface area contributed by atoms with Crippen LogP contribution in [0.25, 0.3) is 0 Å². The van der Waals surface area contributed by atoms with Crippen molar-refractivity contribution >= 4 is 8.32 Å². The van der Waals surface area contributed by atoms with Gasteiger partial charge in [-0.1, -0.05) is 26.8 Å². The molecular formula is C16H28N2O2Si. The van der Waals surface area contributed by atoms with Crippen molar-refractivity contribution in [2.45, 2.75) is 58.6 Å². The van der Waals surface area contributed by atoms with E-state index < -0.39 is 8.32 Å². The van der Waals surface area contributed by atoms with Gasteiger partial charge in [-0.3, -0.25) is 9.88 Å². The van der Waals surface area contributed by atoms with E-state index in [0.29, 0.717) is 0 Å². The molecule has 0 radical (unpaired) electrons. The summed E-state index contributed by atoms with van der Waals surface area (Å²) in [4.78, 5) is 6.86. The molecule has 1 aromatic rings. The summed E-state index contributed by atoms with van der Waals surface area (Å²) in [5.41, 5.74) is 3.14. The molecule has 0 saturated heterocycles. The smallest absolute Gasteiger partial charge is 0.192 e. The Bertz CT molecular complexity index is 498. The van der Waals surface area contributed by atoms with Crippen LogP contribution in [-0.4, -0.2) is 36.5 Å². The van der Waals surface area contributed by atoms with Gasteiger partial charge in [-0.2, -0.15) is 0 Å². The predicted octanol–water partition coefficient (Wildman–Crippen LogP) is 2.91. The average molecular weight is 308 g/mol. The van der Waals surface area contributed by atoms with Crippen LogP contribution < -0.4 is 0 Å². The normalized spacial score (nSPS) is 16.3. The van der Waals surface area contributed by atoms with Gasteiger partial charge in [-0.25, -0.2) is 0 Å². The summed E-state index contributed by atoms with van der Waals surface area (Å²) in [6.45, 7) is 14.9. The number of hydrogen-bond acceptors (Lipinski definition) is 4. The highest BCUT2D eigenvalue weighted by Gasteiger charge is 2.37. The van der Waals surface area contributed by atoms with Crippen molar-refractivity contribution in [1.29, 1.82) is 0 Å². The van der Waals surface area contributed by atoms with Crippen molar-refractivity contribution in [1.82, 2.24) is 9.88 Å². The molecule has 118 valence electrons. The van der Waals surface area contributed by atoms with Crippen LogP contribution in [0, 0.1) is 0 Å². The van der Waals surface area contributed by atoms with Crippen molar-refractivity contribution in [2.75, 3.05) is 13.2 Å². The van der Waals surface area contributed by atoms with Crippen molar-refractivity contribution in [3.63, 3.8) is 0 Å². The molecule has 0 amide bonds. The fraction of sp³-hybridized carbons (Fsp3) is 0.688. The van der Waals surface area contributed by atoms with Crippen molar-refractivity contribution in [3.05, 3.63) is 29.1 Å². The van der Waals surface area contributed by atoms with Crippen LogP contribution in [0.2, 0.25) is 18.1 Å². The quantitative estimate of drug-likeness (QED) is 0.850. The third-order valence-electron chi connectivity index (χ3n) is 4.73. The number of hydrogen-bond donors (Lipinski definition) is 1.